The zero-order valence-corrected chi connectivity index (χ0v) is 10.5. The van der Waals surface area contributed by atoms with Crippen molar-refractivity contribution in [3.05, 3.63) is 0 Å². The van der Waals surface area contributed by atoms with E-state index < -0.39 is 39.6 Å². The zero-order valence-electron chi connectivity index (χ0n) is 9.68. The fourth-order valence-electron chi connectivity index (χ4n) is 0.523. The highest BCUT2D eigenvalue weighted by Gasteiger charge is 2.85. The summed E-state index contributed by atoms with van der Waals surface area (Å²) in [6.45, 7) is 1.50. The molecule has 21 heavy (non-hydrogen) atoms. The van der Waals surface area contributed by atoms with Crippen molar-refractivity contribution in [1.29, 1.82) is 0 Å². The average molecular weight is 361 g/mol. The van der Waals surface area contributed by atoms with E-state index in [-0.39, 0.29) is 0 Å². The van der Waals surface area contributed by atoms with Crippen molar-refractivity contribution in [1.82, 2.24) is 0 Å². The summed E-state index contributed by atoms with van der Waals surface area (Å²) in [6, 6.07) is 0. The molecule has 0 aliphatic heterocycles. The molecule has 0 rings (SSSR count). The van der Waals surface area contributed by atoms with E-state index in [0.717, 1.165) is 0 Å². The number of hydrogen-bond donors (Lipinski definition) is 3. The number of aliphatic hydroxyl groups excluding tert-OH is 1. The van der Waals surface area contributed by atoms with E-state index >= 15 is 0 Å². The van der Waals surface area contributed by atoms with Crippen LogP contribution < -0.4 is 5.73 Å². The van der Waals surface area contributed by atoms with Gasteiger partial charge in [-0.15, -0.1) is 0 Å². The fourth-order valence-corrected chi connectivity index (χ4v) is 0.975. The molecule has 0 saturated heterocycles. The molecule has 0 fully saturated rings. The Hall–Kier alpha value is -0.800. The van der Waals surface area contributed by atoms with Crippen LogP contribution in [-0.2, 0) is 10.1 Å². The van der Waals surface area contributed by atoms with E-state index in [1.54, 1.807) is 0 Å². The minimum absolute atomic E-state index is 0.667. The zero-order chi connectivity index (χ0) is 18.1. The summed E-state index contributed by atoms with van der Waals surface area (Å²) >= 11 is 0. The summed E-state index contributed by atoms with van der Waals surface area (Å²) in [5.74, 6) is -14.7. The lowest BCUT2D eigenvalue weighted by molar-refractivity contribution is -0.382. The molecule has 1 unspecified atom stereocenters. The number of aliphatic hydroxyl groups is 1. The van der Waals surface area contributed by atoms with Crippen LogP contribution in [0.4, 0.5) is 39.5 Å². The van der Waals surface area contributed by atoms with Gasteiger partial charge >= 0.3 is 33.4 Å². The molecule has 0 heterocycles. The number of rotatable bonds is 3. The molecular formula is C6H8F9NO4S. The van der Waals surface area contributed by atoms with Gasteiger partial charge in [0.2, 0.25) is 0 Å². The van der Waals surface area contributed by atoms with Gasteiger partial charge in [-0.3, -0.25) is 4.55 Å². The lowest BCUT2D eigenvalue weighted by Crippen LogP contribution is -2.63. The molecule has 0 amide bonds. The standard InChI is InChI=1S/C4HF9O3S.C2H7NO/c5-1(6,3(9,10)11)2(7,8)4(12,13)17(14,15)16;1-2(3)4/h(H,14,15,16);2,4H,3H2,1H3. The number of hydrogen-bond acceptors (Lipinski definition) is 4. The van der Waals surface area contributed by atoms with Gasteiger partial charge in [-0.25, -0.2) is 0 Å². The van der Waals surface area contributed by atoms with Gasteiger partial charge in [-0.05, 0) is 6.92 Å². The Morgan fingerprint density at radius 3 is 1.29 bits per heavy atom. The van der Waals surface area contributed by atoms with Crippen LogP contribution in [0.15, 0.2) is 0 Å². The van der Waals surface area contributed by atoms with Crippen LogP contribution in [-0.4, -0.2) is 47.6 Å². The highest BCUT2D eigenvalue weighted by atomic mass is 32.2. The van der Waals surface area contributed by atoms with Crippen molar-refractivity contribution in [3.8, 4) is 0 Å². The molecule has 5 nitrogen and oxygen atoms in total. The van der Waals surface area contributed by atoms with E-state index in [1.807, 2.05) is 0 Å². The Morgan fingerprint density at radius 2 is 1.14 bits per heavy atom. The monoisotopic (exact) mass is 361 g/mol. The van der Waals surface area contributed by atoms with Crippen LogP contribution in [0, 0.1) is 0 Å². The third-order valence-corrected chi connectivity index (χ3v) is 2.34. The molecule has 0 aliphatic rings. The molecule has 1 atom stereocenters. The summed E-state index contributed by atoms with van der Waals surface area (Å²) in [4.78, 5) is 0. The van der Waals surface area contributed by atoms with Crippen molar-refractivity contribution in [2.24, 2.45) is 5.73 Å². The van der Waals surface area contributed by atoms with E-state index in [2.05, 4.69) is 5.73 Å². The second kappa shape index (κ2) is 6.13. The van der Waals surface area contributed by atoms with Gasteiger partial charge in [0.25, 0.3) is 0 Å². The van der Waals surface area contributed by atoms with Gasteiger partial charge in [0.05, 0.1) is 6.23 Å². The third-order valence-electron chi connectivity index (χ3n) is 1.44. The minimum Gasteiger partial charge on any atom is -0.379 e. The molecule has 4 N–H and O–H groups in total. The average Bonchev–Trinajstić information content (AvgIpc) is 2.12. The van der Waals surface area contributed by atoms with E-state index in [0.29, 0.717) is 0 Å². The molecule has 0 aromatic heterocycles. The third kappa shape index (κ3) is 4.58. The highest BCUT2D eigenvalue weighted by molar-refractivity contribution is 7.87. The minimum atomic E-state index is -7.37. The predicted molar refractivity (Wildman–Crippen MR) is 48.3 cm³/mol. The van der Waals surface area contributed by atoms with Gasteiger partial charge in [0.1, 0.15) is 0 Å². The molecule has 15 heteroatoms. The highest BCUT2D eigenvalue weighted by Crippen LogP contribution is 2.54. The van der Waals surface area contributed by atoms with E-state index in [4.69, 9.17) is 9.66 Å². The molecule has 0 aliphatic carbocycles. The Balaban J connectivity index is 0. The first-order valence-electron chi connectivity index (χ1n) is 4.34. The maximum absolute atomic E-state index is 12.2. The Kier molecular flexibility index (Phi) is 6.57. The van der Waals surface area contributed by atoms with Crippen LogP contribution in [0.2, 0.25) is 0 Å². The van der Waals surface area contributed by atoms with Crippen LogP contribution in [0.3, 0.4) is 0 Å². The molecule has 0 bridgehead atoms. The first-order chi connectivity index (χ1) is 8.73. The van der Waals surface area contributed by atoms with Crippen LogP contribution >= 0.6 is 0 Å². The second-order valence-electron chi connectivity index (χ2n) is 3.38. The van der Waals surface area contributed by atoms with Gasteiger partial charge < -0.3 is 10.8 Å². The number of alkyl halides is 9. The SMILES string of the molecule is CC(N)O.O=S(=O)(O)C(F)(F)C(F)(F)C(F)(F)C(F)(F)F. The number of halogens is 9. The summed E-state index contributed by atoms with van der Waals surface area (Å²) in [6.07, 6.45) is -7.80. The Labute approximate surface area is 111 Å². The van der Waals surface area contributed by atoms with Crippen molar-refractivity contribution in [2.75, 3.05) is 0 Å². The van der Waals surface area contributed by atoms with E-state index in [1.165, 1.54) is 6.92 Å². The summed E-state index contributed by atoms with van der Waals surface area (Å²) in [5, 5.41) is 0.832. The van der Waals surface area contributed by atoms with E-state index in [9.17, 15) is 47.9 Å². The summed E-state index contributed by atoms with van der Waals surface area (Å²) < 4.78 is 134. The van der Waals surface area contributed by atoms with Crippen LogP contribution in [0.1, 0.15) is 6.92 Å². The predicted octanol–water partition coefficient (Wildman–Crippen LogP) is 1.58. The van der Waals surface area contributed by atoms with Gasteiger partial charge in [0, 0.05) is 0 Å². The molecule has 0 aromatic carbocycles. The lowest BCUT2D eigenvalue weighted by Gasteiger charge is -2.31. The normalized spacial score (nSPS) is 16.0. The lowest BCUT2D eigenvalue weighted by atomic mass is 10.1. The van der Waals surface area contributed by atoms with Crippen LogP contribution in [0.5, 0.6) is 0 Å². The Bertz CT molecular complexity index is 441. The smallest absolute Gasteiger partial charge is 0.379 e. The van der Waals surface area contributed by atoms with Crippen molar-refractivity contribution in [2.45, 2.75) is 36.4 Å². The largest absolute Gasteiger partial charge is 0.460 e. The molecule has 130 valence electrons. The molecule has 0 aromatic rings. The second-order valence-corrected chi connectivity index (χ2v) is 4.84. The van der Waals surface area contributed by atoms with Crippen LogP contribution in [0.25, 0.3) is 0 Å². The fraction of sp³-hybridized carbons (Fsp3) is 1.00. The molecule has 0 spiro atoms. The summed E-state index contributed by atoms with van der Waals surface area (Å²) in [5.41, 5.74) is 4.67. The summed E-state index contributed by atoms with van der Waals surface area (Å²) in [7, 11) is -7.17. The van der Waals surface area contributed by atoms with Gasteiger partial charge in [-0.2, -0.15) is 47.9 Å². The first kappa shape index (κ1) is 22.5. The Morgan fingerprint density at radius 1 is 0.905 bits per heavy atom. The molecule has 0 saturated carbocycles. The van der Waals surface area contributed by atoms with Crippen molar-refractivity contribution >= 4 is 10.1 Å². The maximum atomic E-state index is 12.2. The quantitative estimate of drug-likeness (QED) is 0.403. The van der Waals surface area contributed by atoms with Gasteiger partial charge in [0.15, 0.2) is 0 Å². The number of nitrogens with two attached hydrogens (primary N) is 1. The van der Waals surface area contributed by atoms with Crippen molar-refractivity contribution < 1.29 is 57.6 Å². The molecule has 0 radical (unpaired) electrons. The van der Waals surface area contributed by atoms with Gasteiger partial charge in [-0.1, -0.05) is 0 Å². The molecular weight excluding hydrogens is 353 g/mol. The first-order valence-corrected chi connectivity index (χ1v) is 5.78. The van der Waals surface area contributed by atoms with Crippen molar-refractivity contribution in [3.63, 3.8) is 0 Å². The maximum Gasteiger partial charge on any atom is 0.460 e. The topological polar surface area (TPSA) is 101 Å².